The summed E-state index contributed by atoms with van der Waals surface area (Å²) in [6.45, 7) is 0. The Kier molecular flexibility index (Phi) is 5.50. The Bertz CT molecular complexity index is 704. The Hall–Kier alpha value is -1.18. The molecule has 0 bridgehead atoms. The van der Waals surface area contributed by atoms with Crippen molar-refractivity contribution in [2.75, 3.05) is 5.32 Å². The van der Waals surface area contributed by atoms with Gasteiger partial charge in [-0.2, -0.15) is 0 Å². The summed E-state index contributed by atoms with van der Waals surface area (Å²) in [6.07, 6.45) is 4.11. The molecule has 3 rings (SSSR count). The normalized spacial score (nSPS) is 15.0. The molecule has 122 valence electrons. The average molecular weight is 372 g/mol. The number of benzene rings is 1. The van der Waals surface area contributed by atoms with Crippen LogP contribution in [0.2, 0.25) is 5.02 Å². The topological polar surface area (TPSA) is 54.9 Å². The van der Waals surface area contributed by atoms with E-state index in [1.165, 1.54) is 29.2 Å². The van der Waals surface area contributed by atoms with Crippen molar-refractivity contribution in [2.24, 2.45) is 5.92 Å². The number of nitrogens with one attached hydrogen (secondary N) is 1. The SMILES string of the molecule is O=C(Nc1nnc(SCc2cccc(Cl)c2F)s1)C1CCCC1. The van der Waals surface area contributed by atoms with Crippen molar-refractivity contribution in [3.05, 3.63) is 34.6 Å². The monoisotopic (exact) mass is 371 g/mol. The minimum Gasteiger partial charge on any atom is -0.300 e. The molecular formula is C15H15ClFN3OS2. The van der Waals surface area contributed by atoms with Crippen molar-refractivity contribution < 1.29 is 9.18 Å². The second kappa shape index (κ2) is 7.59. The molecule has 2 aromatic rings. The summed E-state index contributed by atoms with van der Waals surface area (Å²) in [5, 5.41) is 11.4. The van der Waals surface area contributed by atoms with Crippen molar-refractivity contribution in [3.8, 4) is 0 Å². The molecule has 23 heavy (non-hydrogen) atoms. The highest BCUT2D eigenvalue weighted by Crippen LogP contribution is 2.31. The first-order chi connectivity index (χ1) is 11.1. The Morgan fingerprint density at radius 2 is 2.17 bits per heavy atom. The fraction of sp³-hybridized carbons (Fsp3) is 0.400. The predicted octanol–water partition coefficient (Wildman–Crippen LogP) is 4.75. The number of hydrogen-bond acceptors (Lipinski definition) is 5. The number of carbonyl (C=O) groups is 1. The van der Waals surface area contributed by atoms with E-state index in [1.807, 2.05) is 0 Å². The quantitative estimate of drug-likeness (QED) is 0.608. The van der Waals surface area contributed by atoms with Crippen LogP contribution in [0.4, 0.5) is 9.52 Å². The molecule has 1 aliphatic rings. The van der Waals surface area contributed by atoms with Gasteiger partial charge in [0.25, 0.3) is 0 Å². The first kappa shape index (κ1) is 16.7. The Morgan fingerprint density at radius 1 is 1.39 bits per heavy atom. The van der Waals surface area contributed by atoms with Crippen LogP contribution in [0.3, 0.4) is 0 Å². The largest absolute Gasteiger partial charge is 0.300 e. The lowest BCUT2D eigenvalue weighted by Crippen LogP contribution is -2.20. The second-order valence-electron chi connectivity index (χ2n) is 5.35. The summed E-state index contributed by atoms with van der Waals surface area (Å²) in [4.78, 5) is 12.0. The first-order valence-corrected chi connectivity index (χ1v) is 9.51. The van der Waals surface area contributed by atoms with Crippen LogP contribution in [0, 0.1) is 11.7 Å². The summed E-state index contributed by atoms with van der Waals surface area (Å²) in [6, 6.07) is 4.93. The average Bonchev–Trinajstić information content (AvgIpc) is 3.20. The number of hydrogen-bond donors (Lipinski definition) is 1. The molecule has 1 aromatic carbocycles. The molecule has 1 amide bonds. The van der Waals surface area contributed by atoms with Crippen LogP contribution in [-0.4, -0.2) is 16.1 Å². The molecule has 1 fully saturated rings. The molecule has 0 spiro atoms. The highest BCUT2D eigenvalue weighted by molar-refractivity contribution is 8.00. The van der Waals surface area contributed by atoms with Crippen molar-refractivity contribution >= 4 is 45.7 Å². The number of nitrogens with zero attached hydrogens (tertiary/aromatic N) is 2. The van der Waals surface area contributed by atoms with Crippen LogP contribution in [0.15, 0.2) is 22.5 Å². The van der Waals surface area contributed by atoms with Crippen LogP contribution < -0.4 is 5.32 Å². The summed E-state index contributed by atoms with van der Waals surface area (Å²) in [5.41, 5.74) is 0.522. The summed E-state index contributed by atoms with van der Waals surface area (Å²) < 4.78 is 14.5. The standard InChI is InChI=1S/C15H15ClFN3OS2/c16-11-7-3-6-10(12(11)17)8-22-15-20-19-14(23-15)18-13(21)9-4-1-2-5-9/h3,6-7,9H,1-2,4-5,8H2,(H,18,19,21). The third-order valence-electron chi connectivity index (χ3n) is 3.75. The maximum atomic E-state index is 13.8. The van der Waals surface area contributed by atoms with E-state index < -0.39 is 5.82 Å². The van der Waals surface area contributed by atoms with Crippen molar-refractivity contribution in [3.63, 3.8) is 0 Å². The van der Waals surface area contributed by atoms with Gasteiger partial charge in [-0.15, -0.1) is 10.2 Å². The zero-order chi connectivity index (χ0) is 16.2. The summed E-state index contributed by atoms with van der Waals surface area (Å²) in [7, 11) is 0. The smallest absolute Gasteiger partial charge is 0.229 e. The van der Waals surface area contributed by atoms with Gasteiger partial charge in [-0.1, -0.05) is 59.7 Å². The maximum absolute atomic E-state index is 13.8. The maximum Gasteiger partial charge on any atom is 0.229 e. The summed E-state index contributed by atoms with van der Waals surface area (Å²) in [5.74, 6) is 0.130. The fourth-order valence-corrected chi connectivity index (χ4v) is 4.44. The molecule has 0 unspecified atom stereocenters. The van der Waals surface area contributed by atoms with Gasteiger partial charge in [0, 0.05) is 11.7 Å². The number of aromatic nitrogens is 2. The van der Waals surface area contributed by atoms with Gasteiger partial charge < -0.3 is 5.32 Å². The molecule has 1 saturated carbocycles. The van der Waals surface area contributed by atoms with Gasteiger partial charge in [-0.25, -0.2) is 4.39 Å². The van der Waals surface area contributed by atoms with Crippen LogP contribution in [-0.2, 0) is 10.5 Å². The fourth-order valence-electron chi connectivity index (χ4n) is 2.51. The van der Waals surface area contributed by atoms with Crippen molar-refractivity contribution in [2.45, 2.75) is 35.8 Å². The molecule has 0 radical (unpaired) electrons. The van der Waals surface area contributed by atoms with E-state index in [2.05, 4.69) is 15.5 Å². The zero-order valence-corrected chi connectivity index (χ0v) is 14.6. The van der Waals surface area contributed by atoms with Crippen LogP contribution >= 0.6 is 34.7 Å². The zero-order valence-electron chi connectivity index (χ0n) is 12.2. The Balaban J connectivity index is 1.56. The molecule has 0 saturated heterocycles. The van der Waals surface area contributed by atoms with Crippen molar-refractivity contribution in [1.29, 1.82) is 0 Å². The predicted molar refractivity (Wildman–Crippen MR) is 91.5 cm³/mol. The van der Waals surface area contributed by atoms with E-state index in [0.717, 1.165) is 25.7 Å². The number of rotatable bonds is 5. The molecule has 0 atom stereocenters. The number of thioether (sulfide) groups is 1. The number of halogens is 2. The molecule has 0 aliphatic heterocycles. The van der Waals surface area contributed by atoms with Crippen LogP contribution in [0.1, 0.15) is 31.2 Å². The van der Waals surface area contributed by atoms with Gasteiger partial charge in [0.15, 0.2) is 4.34 Å². The first-order valence-electron chi connectivity index (χ1n) is 7.33. The second-order valence-corrected chi connectivity index (χ2v) is 7.95. The van der Waals surface area contributed by atoms with Gasteiger partial charge in [-0.05, 0) is 24.5 Å². The van der Waals surface area contributed by atoms with Gasteiger partial charge >= 0.3 is 0 Å². The number of anilines is 1. The highest BCUT2D eigenvalue weighted by Gasteiger charge is 2.23. The Morgan fingerprint density at radius 3 is 2.96 bits per heavy atom. The van der Waals surface area contributed by atoms with E-state index in [1.54, 1.807) is 12.1 Å². The van der Waals surface area contributed by atoms with Gasteiger partial charge in [-0.3, -0.25) is 4.79 Å². The Labute approximate surface area is 146 Å². The lowest BCUT2D eigenvalue weighted by atomic mass is 10.1. The lowest BCUT2D eigenvalue weighted by molar-refractivity contribution is -0.119. The highest BCUT2D eigenvalue weighted by atomic mass is 35.5. The van der Waals surface area contributed by atoms with Gasteiger partial charge in [0.05, 0.1) is 5.02 Å². The third kappa shape index (κ3) is 4.22. The van der Waals surface area contributed by atoms with E-state index in [4.69, 9.17) is 11.6 Å². The van der Waals surface area contributed by atoms with E-state index in [-0.39, 0.29) is 16.8 Å². The van der Waals surface area contributed by atoms with E-state index >= 15 is 0 Å². The molecule has 1 aromatic heterocycles. The van der Waals surface area contributed by atoms with Gasteiger partial charge in [0.2, 0.25) is 11.0 Å². The van der Waals surface area contributed by atoms with Crippen LogP contribution in [0.5, 0.6) is 0 Å². The molecule has 1 aliphatic carbocycles. The van der Waals surface area contributed by atoms with E-state index in [0.29, 0.717) is 20.8 Å². The van der Waals surface area contributed by atoms with Crippen molar-refractivity contribution in [1.82, 2.24) is 10.2 Å². The number of carbonyl (C=O) groups excluding carboxylic acids is 1. The molecule has 4 nitrogen and oxygen atoms in total. The van der Waals surface area contributed by atoms with Crippen LogP contribution in [0.25, 0.3) is 0 Å². The molecule has 8 heteroatoms. The van der Waals surface area contributed by atoms with E-state index in [9.17, 15) is 9.18 Å². The lowest BCUT2D eigenvalue weighted by Gasteiger charge is -2.06. The minimum atomic E-state index is -0.402. The summed E-state index contributed by atoms with van der Waals surface area (Å²) >= 11 is 8.44. The molecule has 1 N–H and O–H groups in total. The van der Waals surface area contributed by atoms with Gasteiger partial charge in [0.1, 0.15) is 5.82 Å². The third-order valence-corrected chi connectivity index (χ3v) is 6.06. The minimum absolute atomic E-state index is 0.0242. The number of amides is 1. The molecule has 1 heterocycles. The molecular weight excluding hydrogens is 357 g/mol.